The van der Waals surface area contributed by atoms with Crippen molar-refractivity contribution in [2.75, 3.05) is 31.2 Å². The average molecular weight is 433 g/mol. The number of nitrogens with zero attached hydrogens (tertiary/aromatic N) is 4. The van der Waals surface area contributed by atoms with E-state index >= 15 is 4.39 Å². The molecule has 5 rings (SSSR count). The molecule has 0 radical (unpaired) electrons. The van der Waals surface area contributed by atoms with Crippen molar-refractivity contribution in [2.45, 2.75) is 18.9 Å². The highest BCUT2D eigenvalue weighted by Gasteiger charge is 2.26. The van der Waals surface area contributed by atoms with E-state index in [1.54, 1.807) is 24.7 Å². The second-order valence-corrected chi connectivity index (χ2v) is 8.32. The molecule has 7 nitrogen and oxygen atoms in total. The van der Waals surface area contributed by atoms with Crippen molar-refractivity contribution in [3.05, 3.63) is 72.2 Å². The molecule has 1 unspecified atom stereocenters. The number of anilines is 1. The van der Waals surface area contributed by atoms with Gasteiger partial charge in [-0.15, -0.1) is 0 Å². The van der Waals surface area contributed by atoms with Crippen LogP contribution in [0, 0.1) is 5.82 Å². The van der Waals surface area contributed by atoms with Crippen LogP contribution in [0.4, 0.5) is 10.2 Å². The maximum absolute atomic E-state index is 15.1. The van der Waals surface area contributed by atoms with Crippen LogP contribution in [0.5, 0.6) is 0 Å². The Labute approximate surface area is 185 Å². The van der Waals surface area contributed by atoms with Crippen molar-refractivity contribution in [3.63, 3.8) is 0 Å². The minimum absolute atomic E-state index is 0.322. The number of aromatic nitrogens is 4. The first kappa shape index (κ1) is 20.5. The molecule has 0 amide bonds. The number of fused-ring (bicyclic) bond motifs is 1. The van der Waals surface area contributed by atoms with Crippen molar-refractivity contribution in [2.24, 2.45) is 5.73 Å². The standard InChI is InChI=1S/C24H25FN6O/c1-24(26,16-3-2-7-27-15-16)14-21-29-20(13-22(30-21)31-9-11-32-12-10-31)23-17-6-8-28-19(17)5-4-18(23)25/h2-8,13,15,28H,9-12,14,26H2,1H3. The maximum atomic E-state index is 15.1. The van der Waals surface area contributed by atoms with Crippen LogP contribution in [-0.4, -0.2) is 46.2 Å². The van der Waals surface area contributed by atoms with Gasteiger partial charge in [0, 0.05) is 66.2 Å². The van der Waals surface area contributed by atoms with Gasteiger partial charge in [-0.05, 0) is 36.8 Å². The summed E-state index contributed by atoms with van der Waals surface area (Å²) in [6.45, 7) is 4.62. The lowest BCUT2D eigenvalue weighted by Crippen LogP contribution is -2.38. The molecule has 0 saturated carbocycles. The van der Waals surface area contributed by atoms with E-state index in [9.17, 15) is 0 Å². The highest BCUT2D eigenvalue weighted by molar-refractivity contribution is 5.94. The number of nitrogens with two attached hydrogens (primary N) is 1. The Morgan fingerprint density at radius 3 is 2.81 bits per heavy atom. The van der Waals surface area contributed by atoms with E-state index in [1.165, 1.54) is 6.07 Å². The molecule has 1 aromatic carbocycles. The number of ether oxygens (including phenoxy) is 1. The third kappa shape index (κ3) is 3.94. The molecular weight excluding hydrogens is 407 g/mol. The number of rotatable bonds is 5. The molecule has 32 heavy (non-hydrogen) atoms. The topological polar surface area (TPSA) is 93.0 Å². The predicted molar refractivity (Wildman–Crippen MR) is 122 cm³/mol. The summed E-state index contributed by atoms with van der Waals surface area (Å²) in [4.78, 5) is 19.1. The average Bonchev–Trinajstić information content (AvgIpc) is 3.28. The van der Waals surface area contributed by atoms with E-state index in [-0.39, 0.29) is 5.82 Å². The second-order valence-electron chi connectivity index (χ2n) is 8.32. The lowest BCUT2D eigenvalue weighted by atomic mass is 9.90. The van der Waals surface area contributed by atoms with Crippen LogP contribution < -0.4 is 10.6 Å². The van der Waals surface area contributed by atoms with Gasteiger partial charge in [0.25, 0.3) is 0 Å². The third-order valence-electron chi connectivity index (χ3n) is 5.88. The zero-order valence-corrected chi connectivity index (χ0v) is 17.9. The van der Waals surface area contributed by atoms with Gasteiger partial charge in [-0.25, -0.2) is 14.4 Å². The number of hydrogen-bond acceptors (Lipinski definition) is 6. The van der Waals surface area contributed by atoms with Gasteiger partial charge in [0.1, 0.15) is 17.5 Å². The van der Waals surface area contributed by atoms with Gasteiger partial charge >= 0.3 is 0 Å². The van der Waals surface area contributed by atoms with E-state index in [4.69, 9.17) is 20.4 Å². The number of H-pyrrole nitrogens is 1. The van der Waals surface area contributed by atoms with Crippen LogP contribution in [-0.2, 0) is 16.7 Å². The summed E-state index contributed by atoms with van der Waals surface area (Å²) in [6.07, 6.45) is 5.66. The van der Waals surface area contributed by atoms with Crippen molar-refractivity contribution >= 4 is 16.7 Å². The largest absolute Gasteiger partial charge is 0.378 e. The molecule has 1 fully saturated rings. The van der Waals surface area contributed by atoms with Crippen molar-refractivity contribution in [1.82, 2.24) is 19.9 Å². The SMILES string of the molecule is CC(N)(Cc1nc(-c2c(F)ccc3[nH]ccc23)cc(N2CCOCC2)n1)c1cccnc1. The molecule has 1 aliphatic rings. The molecular formula is C24H25FN6O. The van der Waals surface area contributed by atoms with Crippen LogP contribution in [0.15, 0.2) is 55.0 Å². The van der Waals surface area contributed by atoms with E-state index in [2.05, 4.69) is 14.9 Å². The van der Waals surface area contributed by atoms with Gasteiger partial charge < -0.3 is 20.4 Å². The van der Waals surface area contributed by atoms with E-state index in [0.29, 0.717) is 36.7 Å². The number of morpholine rings is 1. The minimum Gasteiger partial charge on any atom is -0.378 e. The lowest BCUT2D eigenvalue weighted by molar-refractivity contribution is 0.122. The number of aromatic amines is 1. The first-order valence-electron chi connectivity index (χ1n) is 10.7. The molecule has 164 valence electrons. The highest BCUT2D eigenvalue weighted by Crippen LogP contribution is 2.32. The molecule has 1 atom stereocenters. The fourth-order valence-corrected chi connectivity index (χ4v) is 4.14. The summed E-state index contributed by atoms with van der Waals surface area (Å²) in [5.41, 5.74) is 8.68. The fourth-order valence-electron chi connectivity index (χ4n) is 4.14. The molecule has 0 bridgehead atoms. The van der Waals surface area contributed by atoms with Crippen LogP contribution >= 0.6 is 0 Å². The van der Waals surface area contributed by atoms with Gasteiger partial charge in [-0.2, -0.15) is 0 Å². The zero-order valence-electron chi connectivity index (χ0n) is 17.9. The van der Waals surface area contributed by atoms with Crippen molar-refractivity contribution in [1.29, 1.82) is 0 Å². The lowest BCUT2D eigenvalue weighted by Gasteiger charge is -2.29. The Morgan fingerprint density at radius 1 is 1.19 bits per heavy atom. The fraction of sp³-hybridized carbons (Fsp3) is 0.292. The molecule has 0 spiro atoms. The molecule has 3 aromatic heterocycles. The monoisotopic (exact) mass is 432 g/mol. The Kier molecular flexibility index (Phi) is 5.32. The van der Waals surface area contributed by atoms with Gasteiger partial charge in [-0.3, -0.25) is 4.98 Å². The van der Waals surface area contributed by atoms with E-state index < -0.39 is 5.54 Å². The zero-order chi connectivity index (χ0) is 22.1. The van der Waals surface area contributed by atoms with Crippen LogP contribution in [0.1, 0.15) is 18.3 Å². The summed E-state index contributed by atoms with van der Waals surface area (Å²) in [5.74, 6) is 0.990. The maximum Gasteiger partial charge on any atom is 0.133 e. The second kappa shape index (κ2) is 8.29. The molecule has 3 N–H and O–H groups in total. The van der Waals surface area contributed by atoms with E-state index in [1.807, 2.05) is 31.2 Å². The van der Waals surface area contributed by atoms with Crippen LogP contribution in [0.3, 0.4) is 0 Å². The number of pyridine rings is 1. The molecule has 0 aliphatic carbocycles. The summed E-state index contributed by atoms with van der Waals surface area (Å²) in [5, 5.41) is 0.783. The summed E-state index contributed by atoms with van der Waals surface area (Å²) < 4.78 is 20.5. The predicted octanol–water partition coefficient (Wildman–Crippen LogP) is 3.41. The summed E-state index contributed by atoms with van der Waals surface area (Å²) in [7, 11) is 0. The number of hydrogen-bond donors (Lipinski definition) is 2. The normalized spacial score (nSPS) is 16.3. The molecule has 4 aromatic rings. The molecule has 8 heteroatoms. The van der Waals surface area contributed by atoms with Crippen LogP contribution in [0.2, 0.25) is 0 Å². The molecule has 1 aliphatic heterocycles. The molecule has 1 saturated heterocycles. The Morgan fingerprint density at radius 2 is 2.03 bits per heavy atom. The van der Waals surface area contributed by atoms with Crippen molar-refractivity contribution < 1.29 is 9.13 Å². The quantitative estimate of drug-likeness (QED) is 0.502. The smallest absolute Gasteiger partial charge is 0.133 e. The number of nitrogens with one attached hydrogen (secondary N) is 1. The first-order chi connectivity index (χ1) is 15.5. The number of halogens is 1. The Hall–Kier alpha value is -3.36. The summed E-state index contributed by atoms with van der Waals surface area (Å²) >= 11 is 0. The Balaban J connectivity index is 1.62. The van der Waals surface area contributed by atoms with Crippen LogP contribution in [0.25, 0.3) is 22.2 Å². The van der Waals surface area contributed by atoms with Gasteiger partial charge in [0.15, 0.2) is 0 Å². The van der Waals surface area contributed by atoms with Crippen molar-refractivity contribution in [3.8, 4) is 11.3 Å². The summed E-state index contributed by atoms with van der Waals surface area (Å²) in [6, 6.07) is 10.7. The number of benzene rings is 1. The van der Waals surface area contributed by atoms with Gasteiger partial charge in [0.2, 0.25) is 0 Å². The first-order valence-corrected chi connectivity index (χ1v) is 10.7. The highest BCUT2D eigenvalue weighted by atomic mass is 19.1. The van der Waals surface area contributed by atoms with Gasteiger partial charge in [0.05, 0.1) is 18.9 Å². The van der Waals surface area contributed by atoms with Gasteiger partial charge in [-0.1, -0.05) is 6.07 Å². The third-order valence-corrected chi connectivity index (χ3v) is 5.88. The minimum atomic E-state index is -0.728. The van der Waals surface area contributed by atoms with E-state index in [0.717, 1.165) is 35.4 Å². The molecule has 4 heterocycles. The Bertz CT molecular complexity index is 1230.